The van der Waals surface area contributed by atoms with Gasteiger partial charge < -0.3 is 4.18 Å². The zero-order chi connectivity index (χ0) is 26.9. The summed E-state index contributed by atoms with van der Waals surface area (Å²) in [7, 11) is -3.93. The van der Waals surface area contributed by atoms with Gasteiger partial charge in [0.1, 0.15) is 11.6 Å². The molecule has 1 saturated heterocycles. The molecule has 0 bridgehead atoms. The molecule has 0 spiro atoms. The molecule has 1 fully saturated rings. The maximum absolute atomic E-state index is 13.3. The maximum Gasteiger partial charge on any atom is 0.348 e. The number of hydrogen-bond acceptors (Lipinski definition) is 7. The number of rotatable bonds is 7. The van der Waals surface area contributed by atoms with Gasteiger partial charge in [0.05, 0.1) is 10.7 Å². The predicted octanol–water partition coefficient (Wildman–Crippen LogP) is 6.11. The van der Waals surface area contributed by atoms with Crippen LogP contribution in [0.5, 0.6) is 5.75 Å². The van der Waals surface area contributed by atoms with E-state index in [9.17, 15) is 13.2 Å². The third kappa shape index (κ3) is 5.60. The van der Waals surface area contributed by atoms with Crippen LogP contribution >= 0.6 is 34.5 Å². The molecule has 4 aromatic rings. The number of benzene rings is 2. The number of halogens is 2. The van der Waals surface area contributed by atoms with Gasteiger partial charge in [0.25, 0.3) is 5.91 Å². The average Bonchev–Trinajstić information content (AvgIpc) is 3.54. The van der Waals surface area contributed by atoms with Gasteiger partial charge in [0.2, 0.25) is 0 Å². The Balaban J connectivity index is 1.52. The molecule has 12 heteroatoms. The topological polar surface area (TPSA) is 93.5 Å². The van der Waals surface area contributed by atoms with Crippen molar-refractivity contribution in [2.45, 2.75) is 30.4 Å². The lowest BCUT2D eigenvalue weighted by Gasteiger charge is -2.26. The van der Waals surface area contributed by atoms with Crippen molar-refractivity contribution in [1.82, 2.24) is 20.0 Å². The zero-order valence-electron chi connectivity index (χ0n) is 20.4. The zero-order valence-corrected chi connectivity index (χ0v) is 23.5. The molecular formula is C26H24Cl2N4O4S2. The molecule has 38 heavy (non-hydrogen) atoms. The second-order valence-electron chi connectivity index (χ2n) is 8.78. The largest absolute Gasteiger partial charge is 0.378 e. The van der Waals surface area contributed by atoms with E-state index in [0.29, 0.717) is 32.8 Å². The lowest BCUT2D eigenvalue weighted by atomic mass is 10.2. The molecular weight excluding hydrogens is 567 g/mol. The molecule has 1 aliphatic rings. The Labute approximate surface area is 234 Å². The number of nitrogens with one attached hydrogen (secondary N) is 1. The van der Waals surface area contributed by atoms with E-state index in [2.05, 4.69) is 5.43 Å². The molecule has 1 amide bonds. The highest BCUT2D eigenvalue weighted by Gasteiger charge is 2.25. The van der Waals surface area contributed by atoms with Crippen LogP contribution in [0.1, 0.15) is 35.4 Å². The molecule has 2 aromatic heterocycles. The van der Waals surface area contributed by atoms with Crippen LogP contribution in [0.2, 0.25) is 10.0 Å². The first-order valence-corrected chi connectivity index (χ1v) is 15.0. The van der Waals surface area contributed by atoms with Crippen molar-refractivity contribution in [3.05, 3.63) is 81.4 Å². The first-order chi connectivity index (χ1) is 18.2. The summed E-state index contributed by atoms with van der Waals surface area (Å²) in [5.41, 5.74) is 5.07. The van der Waals surface area contributed by atoms with Crippen LogP contribution in [0.25, 0.3) is 17.1 Å². The van der Waals surface area contributed by atoms with Gasteiger partial charge in [0, 0.05) is 29.4 Å². The Kier molecular flexibility index (Phi) is 7.78. The highest BCUT2D eigenvalue weighted by molar-refractivity contribution is 7.89. The van der Waals surface area contributed by atoms with Gasteiger partial charge in [-0.25, -0.2) is 9.99 Å². The number of imidazole rings is 1. The Morgan fingerprint density at radius 3 is 2.45 bits per heavy atom. The van der Waals surface area contributed by atoms with Gasteiger partial charge in [-0.2, -0.15) is 8.42 Å². The van der Waals surface area contributed by atoms with Crippen LogP contribution in [0.4, 0.5) is 0 Å². The van der Waals surface area contributed by atoms with E-state index in [-0.39, 0.29) is 21.6 Å². The van der Waals surface area contributed by atoms with Crippen LogP contribution in [0.3, 0.4) is 0 Å². The lowest BCUT2D eigenvalue weighted by Crippen LogP contribution is -2.45. The number of piperidine rings is 1. The van der Waals surface area contributed by atoms with Gasteiger partial charge in [0.15, 0.2) is 9.90 Å². The van der Waals surface area contributed by atoms with Crippen LogP contribution in [-0.4, -0.2) is 42.0 Å². The van der Waals surface area contributed by atoms with Gasteiger partial charge in [-0.05, 0) is 73.7 Å². The molecule has 0 saturated carbocycles. The SMILES string of the molecule is Cc1c(C(=O)NN2CCCCC2)nc(-c2ccc(Cl)cc2Cl)n1-c1ccc(OS(=O)(=O)c2cccs2)cc1. The van der Waals surface area contributed by atoms with E-state index in [1.54, 1.807) is 65.4 Å². The van der Waals surface area contributed by atoms with E-state index < -0.39 is 10.1 Å². The summed E-state index contributed by atoms with van der Waals surface area (Å²) in [4.78, 5) is 18.0. The van der Waals surface area contributed by atoms with Crippen molar-refractivity contribution in [1.29, 1.82) is 0 Å². The number of hydrogen-bond donors (Lipinski definition) is 1. The molecule has 5 rings (SSSR count). The number of carbonyl (C=O) groups excluding carboxylic acids is 1. The van der Waals surface area contributed by atoms with E-state index in [0.717, 1.165) is 43.7 Å². The first-order valence-electron chi connectivity index (χ1n) is 11.9. The van der Waals surface area contributed by atoms with Gasteiger partial charge in [-0.3, -0.25) is 14.8 Å². The minimum Gasteiger partial charge on any atom is -0.378 e. The maximum atomic E-state index is 13.3. The second kappa shape index (κ2) is 11.1. The summed E-state index contributed by atoms with van der Waals surface area (Å²) < 4.78 is 32.3. The van der Waals surface area contributed by atoms with Crippen molar-refractivity contribution in [3.8, 4) is 22.8 Å². The number of nitrogens with zero attached hydrogens (tertiary/aromatic N) is 3. The number of thiophene rings is 1. The van der Waals surface area contributed by atoms with Crippen molar-refractivity contribution in [2.24, 2.45) is 0 Å². The second-order valence-corrected chi connectivity index (χ2v) is 12.3. The molecule has 0 radical (unpaired) electrons. The molecule has 8 nitrogen and oxygen atoms in total. The molecule has 3 heterocycles. The van der Waals surface area contributed by atoms with E-state index in [1.165, 1.54) is 6.07 Å². The molecule has 2 aromatic carbocycles. The molecule has 1 aliphatic heterocycles. The van der Waals surface area contributed by atoms with Crippen molar-refractivity contribution < 1.29 is 17.4 Å². The standard InChI is InChI=1S/C26H24Cl2N4O4S2/c1-17-24(26(33)30-31-13-3-2-4-14-31)29-25(21-12-7-18(27)16-22(21)28)32(17)19-8-10-20(11-9-19)36-38(34,35)23-6-5-15-37-23/h5-12,15-16H,2-4,13-14H2,1H3,(H,30,33). The minimum atomic E-state index is -3.93. The van der Waals surface area contributed by atoms with Crippen molar-refractivity contribution in [2.75, 3.05) is 13.1 Å². The number of carbonyl (C=O) groups is 1. The highest BCUT2D eigenvalue weighted by atomic mass is 35.5. The molecule has 0 atom stereocenters. The van der Waals surface area contributed by atoms with Crippen LogP contribution in [-0.2, 0) is 10.1 Å². The van der Waals surface area contributed by atoms with Crippen LogP contribution in [0, 0.1) is 6.92 Å². The summed E-state index contributed by atoms with van der Waals surface area (Å²) >= 11 is 13.7. The van der Waals surface area contributed by atoms with Crippen LogP contribution < -0.4 is 9.61 Å². The Morgan fingerprint density at radius 1 is 1.05 bits per heavy atom. The highest BCUT2D eigenvalue weighted by Crippen LogP contribution is 2.34. The van der Waals surface area contributed by atoms with Gasteiger partial charge >= 0.3 is 10.1 Å². The van der Waals surface area contributed by atoms with Gasteiger partial charge in [-0.15, -0.1) is 11.3 Å². The Bertz CT molecular complexity index is 1560. The fraction of sp³-hybridized carbons (Fsp3) is 0.231. The number of amides is 1. The average molecular weight is 592 g/mol. The summed E-state index contributed by atoms with van der Waals surface area (Å²) in [6.45, 7) is 3.38. The third-order valence-electron chi connectivity index (χ3n) is 6.15. The third-order valence-corrected chi connectivity index (χ3v) is 9.30. The smallest absolute Gasteiger partial charge is 0.348 e. The molecule has 198 valence electrons. The predicted molar refractivity (Wildman–Crippen MR) is 149 cm³/mol. The molecule has 0 unspecified atom stereocenters. The summed E-state index contributed by atoms with van der Waals surface area (Å²) in [5, 5.41) is 4.45. The van der Waals surface area contributed by atoms with Crippen molar-refractivity contribution >= 4 is 50.6 Å². The normalized spacial score (nSPS) is 14.4. The number of hydrazine groups is 1. The van der Waals surface area contributed by atoms with Crippen molar-refractivity contribution in [3.63, 3.8) is 0 Å². The quantitative estimate of drug-likeness (QED) is 0.261. The van der Waals surface area contributed by atoms with E-state index in [1.807, 2.05) is 5.01 Å². The first kappa shape index (κ1) is 26.7. The monoisotopic (exact) mass is 590 g/mol. The fourth-order valence-electron chi connectivity index (χ4n) is 4.31. The molecule has 1 N–H and O–H groups in total. The Hall–Kier alpha value is -2.89. The molecule has 0 aliphatic carbocycles. The minimum absolute atomic E-state index is 0.121. The van der Waals surface area contributed by atoms with E-state index >= 15 is 0 Å². The summed E-state index contributed by atoms with van der Waals surface area (Å²) in [5.74, 6) is 0.304. The van der Waals surface area contributed by atoms with Gasteiger partial charge in [-0.1, -0.05) is 35.7 Å². The summed E-state index contributed by atoms with van der Waals surface area (Å²) in [6.07, 6.45) is 3.19. The Morgan fingerprint density at radius 2 is 1.79 bits per heavy atom. The number of aromatic nitrogens is 2. The lowest BCUT2D eigenvalue weighted by molar-refractivity contribution is 0.0744. The van der Waals surface area contributed by atoms with Crippen LogP contribution in [0.15, 0.2) is 64.2 Å². The van der Waals surface area contributed by atoms with E-state index in [4.69, 9.17) is 32.4 Å². The summed E-state index contributed by atoms with van der Waals surface area (Å²) in [6, 6.07) is 14.7. The fourth-order valence-corrected chi connectivity index (χ4v) is 6.68.